The van der Waals surface area contributed by atoms with E-state index in [0.29, 0.717) is 6.54 Å². The molecule has 0 bridgehead atoms. The lowest BCUT2D eigenvalue weighted by Gasteiger charge is -2.25. The van der Waals surface area contributed by atoms with Gasteiger partial charge in [-0.25, -0.2) is 8.78 Å². The molecule has 1 unspecified atom stereocenters. The Bertz CT molecular complexity index is 735. The fraction of sp³-hybridized carbons (Fsp3) is 0.350. The van der Waals surface area contributed by atoms with Crippen LogP contribution in [0.2, 0.25) is 0 Å². The van der Waals surface area contributed by atoms with E-state index in [2.05, 4.69) is 36.5 Å². The SMILES string of the molecule is CCc1ccc(C(CNC(=O)CSc2ccc(F)cc2F)N(C)C)cc1. The van der Waals surface area contributed by atoms with Crippen LogP contribution in [-0.2, 0) is 11.2 Å². The van der Waals surface area contributed by atoms with E-state index < -0.39 is 11.6 Å². The van der Waals surface area contributed by atoms with Crippen molar-refractivity contribution >= 4 is 17.7 Å². The molecule has 0 spiro atoms. The first-order valence-corrected chi connectivity index (χ1v) is 9.49. The molecule has 1 N–H and O–H groups in total. The normalized spacial score (nSPS) is 12.2. The van der Waals surface area contributed by atoms with E-state index in [4.69, 9.17) is 0 Å². The third-order valence-corrected chi connectivity index (χ3v) is 5.19. The monoisotopic (exact) mass is 378 g/mol. The summed E-state index contributed by atoms with van der Waals surface area (Å²) in [7, 11) is 3.93. The molecule has 2 aromatic rings. The molecule has 1 amide bonds. The summed E-state index contributed by atoms with van der Waals surface area (Å²) in [6.45, 7) is 2.57. The van der Waals surface area contributed by atoms with Gasteiger partial charge < -0.3 is 10.2 Å². The molecule has 0 saturated heterocycles. The quantitative estimate of drug-likeness (QED) is 0.704. The number of rotatable bonds is 8. The van der Waals surface area contributed by atoms with Crippen molar-refractivity contribution in [1.29, 1.82) is 0 Å². The van der Waals surface area contributed by atoms with Crippen molar-refractivity contribution in [2.45, 2.75) is 24.3 Å². The van der Waals surface area contributed by atoms with E-state index in [1.807, 2.05) is 19.0 Å². The number of carbonyl (C=O) groups is 1. The fourth-order valence-electron chi connectivity index (χ4n) is 2.57. The van der Waals surface area contributed by atoms with Crippen LogP contribution in [0.5, 0.6) is 0 Å². The van der Waals surface area contributed by atoms with Crippen molar-refractivity contribution in [3.8, 4) is 0 Å². The molecule has 0 aromatic heterocycles. The van der Waals surface area contributed by atoms with Crippen molar-refractivity contribution in [1.82, 2.24) is 10.2 Å². The van der Waals surface area contributed by atoms with Crippen LogP contribution in [0.15, 0.2) is 47.4 Å². The lowest BCUT2D eigenvalue weighted by atomic mass is 10.0. The van der Waals surface area contributed by atoms with E-state index in [1.165, 1.54) is 17.7 Å². The van der Waals surface area contributed by atoms with Gasteiger partial charge in [0.1, 0.15) is 11.6 Å². The molecule has 0 radical (unpaired) electrons. The Morgan fingerprint density at radius 3 is 2.42 bits per heavy atom. The van der Waals surface area contributed by atoms with E-state index in [0.717, 1.165) is 29.8 Å². The van der Waals surface area contributed by atoms with Gasteiger partial charge in [0, 0.05) is 17.5 Å². The Morgan fingerprint density at radius 1 is 1.15 bits per heavy atom. The first-order valence-electron chi connectivity index (χ1n) is 8.50. The summed E-state index contributed by atoms with van der Waals surface area (Å²) in [6.07, 6.45) is 0.987. The average Bonchev–Trinajstić information content (AvgIpc) is 2.61. The summed E-state index contributed by atoms with van der Waals surface area (Å²) in [4.78, 5) is 14.4. The number of likely N-dealkylation sites (N-methyl/N-ethyl adjacent to an activating group) is 1. The highest BCUT2D eigenvalue weighted by Crippen LogP contribution is 2.22. The van der Waals surface area contributed by atoms with E-state index >= 15 is 0 Å². The van der Waals surface area contributed by atoms with Gasteiger partial charge in [-0.15, -0.1) is 11.8 Å². The Kier molecular flexibility index (Phi) is 7.60. The molecule has 0 aliphatic carbocycles. The fourth-order valence-corrected chi connectivity index (χ4v) is 3.32. The molecule has 140 valence electrons. The molecule has 2 aromatic carbocycles. The number of amides is 1. The van der Waals surface area contributed by atoms with Crippen LogP contribution in [0, 0.1) is 11.6 Å². The van der Waals surface area contributed by atoms with Crippen LogP contribution in [0.3, 0.4) is 0 Å². The van der Waals surface area contributed by atoms with Crippen molar-refractivity contribution in [2.24, 2.45) is 0 Å². The number of thioether (sulfide) groups is 1. The summed E-state index contributed by atoms with van der Waals surface area (Å²) in [6, 6.07) is 11.8. The number of halogens is 2. The number of hydrogen-bond donors (Lipinski definition) is 1. The Labute approximate surface area is 157 Å². The van der Waals surface area contributed by atoms with Crippen molar-refractivity contribution in [3.63, 3.8) is 0 Å². The lowest BCUT2D eigenvalue weighted by Crippen LogP contribution is -2.35. The highest BCUT2D eigenvalue weighted by Gasteiger charge is 2.16. The van der Waals surface area contributed by atoms with Crippen molar-refractivity contribution < 1.29 is 13.6 Å². The van der Waals surface area contributed by atoms with Gasteiger partial charge in [-0.2, -0.15) is 0 Å². The summed E-state index contributed by atoms with van der Waals surface area (Å²) in [5, 5.41) is 2.89. The van der Waals surface area contributed by atoms with Gasteiger partial charge in [0.25, 0.3) is 0 Å². The zero-order chi connectivity index (χ0) is 19.1. The minimum atomic E-state index is -0.648. The molecular weight excluding hydrogens is 354 g/mol. The number of nitrogens with zero attached hydrogens (tertiary/aromatic N) is 1. The van der Waals surface area contributed by atoms with E-state index in [-0.39, 0.29) is 22.6 Å². The maximum atomic E-state index is 13.6. The molecular formula is C20H24F2N2OS. The summed E-state index contributed by atoms with van der Waals surface area (Å²) in [5.41, 5.74) is 2.40. The second-order valence-corrected chi connectivity index (χ2v) is 7.26. The molecule has 1 atom stereocenters. The van der Waals surface area contributed by atoms with Crippen LogP contribution in [-0.4, -0.2) is 37.2 Å². The first kappa shape index (κ1) is 20.4. The van der Waals surface area contributed by atoms with Crippen LogP contribution in [0.1, 0.15) is 24.1 Å². The predicted molar refractivity (Wildman–Crippen MR) is 102 cm³/mol. The molecule has 0 heterocycles. The summed E-state index contributed by atoms with van der Waals surface area (Å²) >= 11 is 1.06. The third kappa shape index (κ3) is 5.81. The standard InChI is InChI=1S/C20H24F2N2OS/c1-4-14-5-7-15(8-6-14)18(24(2)3)12-23-20(25)13-26-19-10-9-16(21)11-17(19)22/h5-11,18H,4,12-13H2,1-3H3,(H,23,25). The van der Waals surface area contributed by atoms with Gasteiger partial charge in [0.2, 0.25) is 5.91 Å². The van der Waals surface area contributed by atoms with Gasteiger partial charge in [0.15, 0.2) is 0 Å². The van der Waals surface area contributed by atoms with Crippen LogP contribution in [0.25, 0.3) is 0 Å². The van der Waals surface area contributed by atoms with Crippen LogP contribution in [0.4, 0.5) is 8.78 Å². The van der Waals surface area contributed by atoms with Crippen molar-refractivity contribution in [3.05, 3.63) is 65.2 Å². The Balaban J connectivity index is 1.90. The number of aryl methyl sites for hydroxylation is 1. The third-order valence-electron chi connectivity index (χ3n) is 4.14. The molecule has 3 nitrogen and oxygen atoms in total. The Morgan fingerprint density at radius 2 is 1.85 bits per heavy atom. The topological polar surface area (TPSA) is 32.3 Å². The second-order valence-electron chi connectivity index (χ2n) is 6.24. The van der Waals surface area contributed by atoms with Gasteiger partial charge in [0.05, 0.1) is 11.8 Å². The highest BCUT2D eigenvalue weighted by atomic mass is 32.2. The predicted octanol–water partition coefficient (Wildman–Crippen LogP) is 4.04. The largest absolute Gasteiger partial charge is 0.353 e. The molecule has 0 fully saturated rings. The molecule has 6 heteroatoms. The molecule has 2 rings (SSSR count). The summed E-state index contributed by atoms with van der Waals surface area (Å²) < 4.78 is 26.5. The average molecular weight is 378 g/mol. The number of carbonyl (C=O) groups excluding carboxylic acids is 1. The number of nitrogens with one attached hydrogen (secondary N) is 1. The van der Waals surface area contributed by atoms with Crippen LogP contribution >= 0.6 is 11.8 Å². The van der Waals surface area contributed by atoms with Gasteiger partial charge in [-0.3, -0.25) is 4.79 Å². The first-order chi connectivity index (χ1) is 12.4. The zero-order valence-corrected chi connectivity index (χ0v) is 16.1. The number of benzene rings is 2. The zero-order valence-electron chi connectivity index (χ0n) is 15.3. The van der Waals surface area contributed by atoms with Gasteiger partial charge in [-0.05, 0) is 43.8 Å². The van der Waals surface area contributed by atoms with E-state index in [1.54, 1.807) is 0 Å². The smallest absolute Gasteiger partial charge is 0.230 e. The maximum Gasteiger partial charge on any atom is 0.230 e. The molecule has 0 saturated carbocycles. The van der Waals surface area contributed by atoms with Gasteiger partial charge >= 0.3 is 0 Å². The minimum Gasteiger partial charge on any atom is -0.353 e. The molecule has 0 aliphatic rings. The Hall–Kier alpha value is -1.92. The van der Waals surface area contributed by atoms with Crippen LogP contribution < -0.4 is 5.32 Å². The maximum absolute atomic E-state index is 13.6. The van der Waals surface area contributed by atoms with E-state index in [9.17, 15) is 13.6 Å². The minimum absolute atomic E-state index is 0.0532. The number of hydrogen-bond acceptors (Lipinski definition) is 3. The van der Waals surface area contributed by atoms with Gasteiger partial charge in [-0.1, -0.05) is 31.2 Å². The van der Waals surface area contributed by atoms with Crippen molar-refractivity contribution in [2.75, 3.05) is 26.4 Å². The second kappa shape index (κ2) is 9.69. The molecule has 26 heavy (non-hydrogen) atoms. The molecule has 0 aliphatic heterocycles. The highest BCUT2D eigenvalue weighted by molar-refractivity contribution is 8.00. The summed E-state index contributed by atoms with van der Waals surface area (Å²) in [5.74, 6) is -1.38. The lowest BCUT2D eigenvalue weighted by molar-refractivity contribution is -0.118.